The second-order valence-electron chi connectivity index (χ2n) is 25.2. The van der Waals surface area contributed by atoms with E-state index in [2.05, 4.69) is 65.9 Å². The molecule has 456 valence electrons. The van der Waals surface area contributed by atoms with Crippen molar-refractivity contribution in [2.24, 2.45) is 11.8 Å². The van der Waals surface area contributed by atoms with Crippen LogP contribution in [0.1, 0.15) is 136 Å². The van der Waals surface area contributed by atoms with Crippen LogP contribution in [-0.4, -0.2) is 175 Å². The molecule has 6 saturated heterocycles. The largest absolute Gasteiger partial charge is 0.461 e. The number of hydrogen-bond donors (Lipinski definition) is 2. The molecule has 2 aliphatic carbocycles. The highest BCUT2D eigenvalue weighted by Crippen LogP contribution is 2.51. The van der Waals surface area contributed by atoms with Gasteiger partial charge >= 0.3 is 12.0 Å². The number of aryl methyl sites for hydroxylation is 2. The summed E-state index contributed by atoms with van der Waals surface area (Å²) in [6, 6.07) is 4.87. The Morgan fingerprint density at radius 1 is 0.581 bits per heavy atom. The van der Waals surface area contributed by atoms with E-state index in [-0.39, 0.29) is 58.2 Å². The van der Waals surface area contributed by atoms with Gasteiger partial charge in [0.2, 0.25) is 47.0 Å². The molecule has 28 heteroatoms. The third-order valence-electron chi connectivity index (χ3n) is 18.8. The van der Waals surface area contributed by atoms with Gasteiger partial charge in [-0.25, -0.2) is 8.78 Å². The fraction of sp³-hybridized carbons (Fsp3) is 0.655. The van der Waals surface area contributed by atoms with Gasteiger partial charge < -0.3 is 49.3 Å². The number of nitriles is 2. The fourth-order valence-corrected chi connectivity index (χ4v) is 17.0. The number of anilines is 4. The van der Waals surface area contributed by atoms with Crippen LogP contribution in [0.15, 0.2) is 9.05 Å². The summed E-state index contributed by atoms with van der Waals surface area (Å²) in [6.07, 6.45) is 8.01. The number of halogens is 2. The zero-order chi connectivity index (χ0) is 59.5. The first-order chi connectivity index (χ1) is 41.6. The van der Waals surface area contributed by atoms with Crippen molar-refractivity contribution in [3.63, 3.8) is 0 Å². The zero-order valence-corrected chi connectivity index (χ0v) is 50.7. The summed E-state index contributed by atoms with van der Waals surface area (Å²) < 4.78 is 64.6. The van der Waals surface area contributed by atoms with Crippen molar-refractivity contribution < 1.29 is 36.8 Å². The molecule has 0 spiro atoms. The number of ether oxygens (including phenoxy) is 4. The summed E-state index contributed by atoms with van der Waals surface area (Å²) in [7, 11) is 0. The number of nitrogens with zero attached hydrogens (tertiary/aromatic N) is 16. The average molecular weight is 1220 g/mol. The van der Waals surface area contributed by atoms with E-state index in [1.807, 2.05) is 13.8 Å². The Bertz CT molecular complexity index is 3340. The van der Waals surface area contributed by atoms with E-state index >= 15 is 0 Å². The van der Waals surface area contributed by atoms with Crippen molar-refractivity contribution >= 4 is 44.6 Å². The van der Waals surface area contributed by atoms with Crippen LogP contribution in [-0.2, 0) is 33.1 Å². The van der Waals surface area contributed by atoms with Crippen LogP contribution in [0.25, 0.3) is 23.3 Å². The second kappa shape index (κ2) is 23.4. The molecule has 8 aliphatic rings. The Hall–Kier alpha value is -6.82. The van der Waals surface area contributed by atoms with Gasteiger partial charge in [0.15, 0.2) is 0 Å². The molecular formula is C58H72F2N18O6S2. The Balaban J connectivity index is 0.000000160. The normalized spacial score (nSPS) is 29.2. The SMILES string of the molecule is C[C@@H]1COCCN(c2nc(OC[C@@]34CCCN3C[C@H](F)C4)nc(-c3noc([C@@]4(C)CCCc5sc(N)c(C#N)c54)n3)n2)C1.C[C@H]1COCCN(c2nc(OC[C@@]34CCCN3C[C@H](F)C4)nc(-c3noc([C@@]4(C)CCCc5sc(N)c(C#N)c54)n3)n2)C1. The minimum Gasteiger partial charge on any atom is -0.461 e. The summed E-state index contributed by atoms with van der Waals surface area (Å²) in [5.41, 5.74) is 13.1. The molecule has 6 fully saturated rings. The Morgan fingerprint density at radius 3 is 1.45 bits per heavy atom. The Kier molecular flexibility index (Phi) is 15.8. The minimum absolute atomic E-state index is 0.149. The number of nitrogen functional groups attached to an aromatic ring is 2. The van der Waals surface area contributed by atoms with Crippen molar-refractivity contribution in [3.8, 4) is 47.5 Å². The number of nitrogens with two attached hydrogens (primary N) is 2. The summed E-state index contributed by atoms with van der Waals surface area (Å²) in [5.74, 6) is 3.11. The van der Waals surface area contributed by atoms with Gasteiger partial charge in [-0.15, -0.1) is 22.7 Å². The highest BCUT2D eigenvalue weighted by molar-refractivity contribution is 7.16. The van der Waals surface area contributed by atoms with E-state index in [4.69, 9.17) is 69.4 Å². The molecule has 0 unspecified atom stereocenters. The van der Waals surface area contributed by atoms with Gasteiger partial charge in [0.05, 0.1) is 59.5 Å². The predicted octanol–water partition coefficient (Wildman–Crippen LogP) is 7.01. The van der Waals surface area contributed by atoms with E-state index < -0.39 is 23.2 Å². The van der Waals surface area contributed by atoms with E-state index in [0.717, 1.165) is 98.2 Å². The van der Waals surface area contributed by atoms with Crippen molar-refractivity contribution in [2.75, 3.05) is 113 Å². The fourth-order valence-electron chi connectivity index (χ4n) is 14.6. The number of alkyl halides is 2. The van der Waals surface area contributed by atoms with Crippen molar-refractivity contribution in [2.45, 2.75) is 139 Å². The van der Waals surface area contributed by atoms with Crippen LogP contribution in [0.3, 0.4) is 0 Å². The van der Waals surface area contributed by atoms with Gasteiger partial charge in [-0.1, -0.05) is 24.2 Å². The number of aromatic nitrogens is 10. The minimum atomic E-state index is -0.855. The van der Waals surface area contributed by atoms with Gasteiger partial charge in [-0.2, -0.15) is 50.4 Å². The molecular weight excluding hydrogens is 1150 g/mol. The number of fused-ring (bicyclic) bond motifs is 4. The summed E-state index contributed by atoms with van der Waals surface area (Å²) >= 11 is 2.92. The number of rotatable bonds is 12. The molecule has 0 bridgehead atoms. The molecule has 0 aromatic carbocycles. The van der Waals surface area contributed by atoms with Crippen LogP contribution in [0, 0.1) is 34.5 Å². The molecule has 0 radical (unpaired) electrons. The summed E-state index contributed by atoms with van der Waals surface area (Å²) in [4.78, 5) is 48.4. The standard InChI is InChI=1S/2C29H36FN9O3S/c2*1-17-13-38(9-10-40-15-17)26-34-23(35-27(36-26)41-16-29-7-4-8-39(29)14-18(30)11-29)24-33-25(42-37-24)28(2)6-3-5-20-21(28)19(12-31)22(32)43-20/h2*17-18H,3-11,13-16,32H2,1-2H3/t17-,18+,28-,29-;17-,18-,28+,29+/m01/s1. The van der Waals surface area contributed by atoms with Crippen LogP contribution in [0.2, 0.25) is 0 Å². The Labute approximate surface area is 505 Å². The second-order valence-corrected chi connectivity index (χ2v) is 27.5. The lowest BCUT2D eigenvalue weighted by Crippen LogP contribution is -2.43. The summed E-state index contributed by atoms with van der Waals surface area (Å²) in [5, 5.41) is 29.4. The van der Waals surface area contributed by atoms with E-state index in [1.54, 1.807) is 0 Å². The van der Waals surface area contributed by atoms with E-state index in [1.165, 1.54) is 22.7 Å². The lowest BCUT2D eigenvalue weighted by molar-refractivity contribution is 0.107. The van der Waals surface area contributed by atoms with Crippen LogP contribution in [0.4, 0.5) is 30.7 Å². The number of hydrogen-bond acceptors (Lipinski definition) is 26. The van der Waals surface area contributed by atoms with E-state index in [9.17, 15) is 19.3 Å². The molecule has 4 N–H and O–H groups in total. The van der Waals surface area contributed by atoms with Gasteiger partial charge in [0, 0.05) is 73.0 Å². The lowest BCUT2D eigenvalue weighted by Gasteiger charge is -2.31. The Morgan fingerprint density at radius 2 is 1.02 bits per heavy atom. The molecule has 0 amide bonds. The highest BCUT2D eigenvalue weighted by atomic mass is 32.1. The molecule has 6 aliphatic heterocycles. The third-order valence-corrected chi connectivity index (χ3v) is 21.0. The molecule has 6 aromatic heterocycles. The van der Waals surface area contributed by atoms with Gasteiger partial charge in [-0.05, 0) is 103 Å². The molecule has 14 rings (SSSR count). The topological polar surface area (TPSA) is 305 Å². The first-order valence-corrected chi connectivity index (χ1v) is 31.7. The molecule has 6 aromatic rings. The lowest BCUT2D eigenvalue weighted by atomic mass is 9.72. The monoisotopic (exact) mass is 1220 g/mol. The van der Waals surface area contributed by atoms with Gasteiger partial charge in [0.1, 0.15) is 47.7 Å². The van der Waals surface area contributed by atoms with Crippen molar-refractivity contribution in [1.82, 2.24) is 60.0 Å². The van der Waals surface area contributed by atoms with E-state index in [0.29, 0.717) is 137 Å². The van der Waals surface area contributed by atoms with Crippen LogP contribution < -0.4 is 30.7 Å². The molecule has 24 nitrogen and oxygen atoms in total. The maximum Gasteiger partial charge on any atom is 0.321 e. The molecule has 12 heterocycles. The maximum absolute atomic E-state index is 14.4. The predicted molar refractivity (Wildman–Crippen MR) is 313 cm³/mol. The number of thiophene rings is 2. The highest BCUT2D eigenvalue weighted by Gasteiger charge is 2.51. The molecule has 86 heavy (non-hydrogen) atoms. The summed E-state index contributed by atoms with van der Waals surface area (Å²) in [6.45, 7) is 16.6. The van der Waals surface area contributed by atoms with Crippen molar-refractivity contribution in [1.29, 1.82) is 10.5 Å². The van der Waals surface area contributed by atoms with Gasteiger partial charge in [-0.3, -0.25) is 9.80 Å². The molecule has 8 atom stereocenters. The maximum atomic E-state index is 14.4. The average Bonchev–Trinajstić information content (AvgIpc) is 1.97. The smallest absolute Gasteiger partial charge is 0.321 e. The van der Waals surface area contributed by atoms with Crippen LogP contribution in [0.5, 0.6) is 12.0 Å². The van der Waals surface area contributed by atoms with Gasteiger partial charge in [0.25, 0.3) is 0 Å². The van der Waals surface area contributed by atoms with Crippen LogP contribution >= 0.6 is 22.7 Å². The first kappa shape index (κ1) is 58.2. The van der Waals surface area contributed by atoms with Crippen molar-refractivity contribution in [3.05, 3.63) is 43.8 Å². The quantitative estimate of drug-likeness (QED) is 0.124. The first-order valence-electron chi connectivity index (χ1n) is 30.1. The zero-order valence-electron chi connectivity index (χ0n) is 49.0. The third kappa shape index (κ3) is 10.8. The molecule has 0 saturated carbocycles.